The Morgan fingerprint density at radius 1 is 1.12 bits per heavy atom. The molecule has 0 atom stereocenters. The summed E-state index contributed by atoms with van der Waals surface area (Å²) in [6.45, 7) is 0. The first-order valence-corrected chi connectivity index (χ1v) is 4.91. The topological polar surface area (TPSA) is 70.2 Å². The number of para-hydroxylation sites is 1. The van der Waals surface area contributed by atoms with E-state index in [0.717, 1.165) is 11.1 Å². The van der Waals surface area contributed by atoms with Gasteiger partial charge in [0.15, 0.2) is 5.82 Å². The Labute approximate surface area is 91.2 Å². The van der Waals surface area contributed by atoms with Crippen molar-refractivity contribution in [2.45, 2.75) is 0 Å². The Balaban J connectivity index is 2.01. The van der Waals surface area contributed by atoms with Gasteiger partial charge >= 0.3 is 0 Å². The minimum absolute atomic E-state index is 0.574. The Bertz CT molecular complexity index is 621. The number of benzene rings is 1. The zero-order valence-corrected chi connectivity index (χ0v) is 8.38. The van der Waals surface area contributed by atoms with Gasteiger partial charge in [0, 0.05) is 17.1 Å². The van der Waals surface area contributed by atoms with Crippen molar-refractivity contribution < 1.29 is 0 Å². The molecule has 0 aliphatic heterocycles. The highest BCUT2D eigenvalue weighted by Gasteiger charge is 1.99. The molecular formula is C11H9N5. The first kappa shape index (κ1) is 8.84. The Morgan fingerprint density at radius 3 is 2.94 bits per heavy atom. The van der Waals surface area contributed by atoms with Crippen LogP contribution in [0.1, 0.15) is 11.4 Å². The summed E-state index contributed by atoms with van der Waals surface area (Å²) < 4.78 is 0. The van der Waals surface area contributed by atoms with Crippen molar-refractivity contribution in [2.75, 3.05) is 0 Å². The van der Waals surface area contributed by atoms with Crippen molar-refractivity contribution in [3.63, 3.8) is 0 Å². The van der Waals surface area contributed by atoms with Crippen molar-refractivity contribution in [3.05, 3.63) is 41.9 Å². The quantitative estimate of drug-likeness (QED) is 0.679. The molecule has 1 aromatic carbocycles. The predicted molar refractivity (Wildman–Crippen MR) is 61.4 cm³/mol. The average molecular weight is 211 g/mol. The Hall–Kier alpha value is -2.43. The molecule has 5 heteroatoms. The third-order valence-corrected chi connectivity index (χ3v) is 2.39. The molecule has 0 aliphatic carbocycles. The standard InChI is InChI=1S/C11H9N5/c1-2-4-10-9(3-1)8(7-12-10)5-6-11-13-15-16-14-11/h1-7,12H,(H,13,14,15,16)/b6-5+. The number of nitrogens with zero attached hydrogens (tertiary/aromatic N) is 3. The number of hydrogen-bond acceptors (Lipinski definition) is 3. The van der Waals surface area contributed by atoms with E-state index in [1.165, 1.54) is 5.39 Å². The molecule has 3 aromatic rings. The molecule has 0 radical (unpaired) electrons. The molecule has 16 heavy (non-hydrogen) atoms. The van der Waals surface area contributed by atoms with Gasteiger partial charge in [0.25, 0.3) is 0 Å². The van der Waals surface area contributed by atoms with E-state index in [1.54, 1.807) is 0 Å². The maximum absolute atomic E-state index is 3.85. The first-order valence-electron chi connectivity index (χ1n) is 4.91. The zero-order valence-electron chi connectivity index (χ0n) is 8.38. The van der Waals surface area contributed by atoms with Crippen molar-refractivity contribution >= 4 is 23.1 Å². The van der Waals surface area contributed by atoms with E-state index < -0.39 is 0 Å². The predicted octanol–water partition coefficient (Wildman–Crippen LogP) is 1.85. The SMILES string of the molecule is C(=C\c1c[nH]c2ccccc12)/c1nn[nH]n1. The first-order chi connectivity index (χ1) is 7.93. The normalized spacial score (nSPS) is 11.5. The van der Waals surface area contributed by atoms with Gasteiger partial charge in [-0.2, -0.15) is 5.21 Å². The van der Waals surface area contributed by atoms with Crippen LogP contribution in [0.25, 0.3) is 23.1 Å². The molecule has 5 nitrogen and oxygen atoms in total. The third kappa shape index (κ3) is 1.48. The highest BCUT2D eigenvalue weighted by atomic mass is 15.5. The lowest BCUT2D eigenvalue weighted by Crippen LogP contribution is -1.74. The zero-order chi connectivity index (χ0) is 10.8. The van der Waals surface area contributed by atoms with E-state index in [9.17, 15) is 0 Å². The summed E-state index contributed by atoms with van der Waals surface area (Å²) in [6.07, 6.45) is 5.74. The molecule has 0 bridgehead atoms. The monoisotopic (exact) mass is 211 g/mol. The second-order valence-electron chi connectivity index (χ2n) is 3.39. The van der Waals surface area contributed by atoms with Gasteiger partial charge in [-0.05, 0) is 29.0 Å². The van der Waals surface area contributed by atoms with Crippen molar-refractivity contribution in [3.8, 4) is 0 Å². The number of aromatic nitrogens is 5. The third-order valence-electron chi connectivity index (χ3n) is 2.39. The second kappa shape index (κ2) is 3.62. The van der Waals surface area contributed by atoms with E-state index in [0.29, 0.717) is 5.82 Å². The van der Waals surface area contributed by atoms with Crippen LogP contribution in [0.3, 0.4) is 0 Å². The van der Waals surface area contributed by atoms with Crippen LogP contribution < -0.4 is 0 Å². The molecule has 2 heterocycles. The van der Waals surface area contributed by atoms with E-state index in [1.807, 2.05) is 36.5 Å². The molecular weight excluding hydrogens is 202 g/mol. The van der Waals surface area contributed by atoms with Crippen LogP contribution in [0.2, 0.25) is 0 Å². The number of nitrogens with one attached hydrogen (secondary N) is 2. The van der Waals surface area contributed by atoms with E-state index in [-0.39, 0.29) is 0 Å². The molecule has 2 aromatic heterocycles. The van der Waals surface area contributed by atoms with Gasteiger partial charge in [-0.1, -0.05) is 18.2 Å². The summed E-state index contributed by atoms with van der Waals surface area (Å²) in [5, 5.41) is 14.8. The fraction of sp³-hybridized carbons (Fsp3) is 0. The molecule has 0 aliphatic rings. The maximum Gasteiger partial charge on any atom is 0.197 e. The van der Waals surface area contributed by atoms with Gasteiger partial charge in [0.05, 0.1) is 0 Å². The van der Waals surface area contributed by atoms with Gasteiger partial charge in [-0.3, -0.25) is 0 Å². The molecule has 0 unspecified atom stereocenters. The molecule has 0 fully saturated rings. The van der Waals surface area contributed by atoms with E-state index >= 15 is 0 Å². The van der Waals surface area contributed by atoms with Crippen LogP contribution in [0.15, 0.2) is 30.5 Å². The minimum Gasteiger partial charge on any atom is -0.361 e. The van der Waals surface area contributed by atoms with Gasteiger partial charge in [-0.25, -0.2) is 0 Å². The van der Waals surface area contributed by atoms with Gasteiger partial charge < -0.3 is 4.98 Å². The second-order valence-corrected chi connectivity index (χ2v) is 3.39. The Morgan fingerprint density at radius 2 is 2.06 bits per heavy atom. The maximum atomic E-state index is 3.85. The summed E-state index contributed by atoms with van der Waals surface area (Å²) in [5.74, 6) is 0.574. The number of aromatic amines is 2. The fourth-order valence-electron chi connectivity index (χ4n) is 1.64. The molecule has 0 spiro atoms. The lowest BCUT2D eigenvalue weighted by Gasteiger charge is -1.89. The summed E-state index contributed by atoms with van der Waals surface area (Å²) >= 11 is 0. The number of hydrogen-bond donors (Lipinski definition) is 2. The van der Waals surface area contributed by atoms with Crippen LogP contribution in [0.4, 0.5) is 0 Å². The van der Waals surface area contributed by atoms with Gasteiger partial charge in [0.2, 0.25) is 0 Å². The van der Waals surface area contributed by atoms with Crippen molar-refractivity contribution in [2.24, 2.45) is 0 Å². The summed E-state index contributed by atoms with van der Waals surface area (Å²) in [7, 11) is 0. The average Bonchev–Trinajstić information content (AvgIpc) is 2.96. The van der Waals surface area contributed by atoms with Crippen LogP contribution in [0.5, 0.6) is 0 Å². The highest BCUT2D eigenvalue weighted by molar-refractivity contribution is 5.90. The largest absolute Gasteiger partial charge is 0.361 e. The molecule has 0 amide bonds. The molecule has 0 saturated carbocycles. The fourth-order valence-corrected chi connectivity index (χ4v) is 1.64. The lowest BCUT2D eigenvalue weighted by atomic mass is 10.1. The lowest BCUT2D eigenvalue weighted by molar-refractivity contribution is 0.881. The van der Waals surface area contributed by atoms with Crippen molar-refractivity contribution in [1.29, 1.82) is 0 Å². The molecule has 78 valence electrons. The van der Waals surface area contributed by atoms with Crippen molar-refractivity contribution in [1.82, 2.24) is 25.6 Å². The summed E-state index contributed by atoms with van der Waals surface area (Å²) in [6, 6.07) is 8.14. The number of fused-ring (bicyclic) bond motifs is 1. The number of H-pyrrole nitrogens is 2. The molecule has 0 saturated heterocycles. The summed E-state index contributed by atoms with van der Waals surface area (Å²) in [4.78, 5) is 3.20. The van der Waals surface area contributed by atoms with Crippen LogP contribution in [-0.4, -0.2) is 25.6 Å². The highest BCUT2D eigenvalue weighted by Crippen LogP contribution is 2.19. The number of rotatable bonds is 2. The smallest absolute Gasteiger partial charge is 0.197 e. The number of tetrazole rings is 1. The van der Waals surface area contributed by atoms with Crippen LogP contribution in [0, 0.1) is 0 Å². The van der Waals surface area contributed by atoms with Crippen LogP contribution in [-0.2, 0) is 0 Å². The summed E-state index contributed by atoms with van der Waals surface area (Å²) in [5.41, 5.74) is 2.23. The molecule has 3 rings (SSSR count). The molecule has 2 N–H and O–H groups in total. The van der Waals surface area contributed by atoms with E-state index in [2.05, 4.69) is 31.7 Å². The van der Waals surface area contributed by atoms with Gasteiger partial charge in [0.1, 0.15) is 0 Å². The van der Waals surface area contributed by atoms with E-state index in [4.69, 9.17) is 0 Å². The van der Waals surface area contributed by atoms with Crippen LogP contribution >= 0.6 is 0 Å². The minimum atomic E-state index is 0.574. The van der Waals surface area contributed by atoms with Gasteiger partial charge in [-0.15, -0.1) is 10.2 Å². The Kier molecular flexibility index (Phi) is 2.00.